The summed E-state index contributed by atoms with van der Waals surface area (Å²) in [5.74, 6) is -2.04. The highest BCUT2D eigenvalue weighted by molar-refractivity contribution is 6.06. The Kier molecular flexibility index (Phi) is 5.21. The first-order chi connectivity index (χ1) is 13.5. The van der Waals surface area contributed by atoms with Gasteiger partial charge in [0.25, 0.3) is 0 Å². The van der Waals surface area contributed by atoms with E-state index in [2.05, 4.69) is 5.16 Å². The summed E-state index contributed by atoms with van der Waals surface area (Å²) in [6.45, 7) is 2.43. The molecule has 0 unspecified atom stereocenters. The zero-order chi connectivity index (χ0) is 19.8. The molecule has 1 saturated heterocycles. The molecule has 3 aliphatic rings. The summed E-state index contributed by atoms with van der Waals surface area (Å²) >= 11 is 0. The molecule has 1 aliphatic heterocycles. The first-order valence-corrected chi connectivity index (χ1v) is 9.97. The zero-order valence-electron chi connectivity index (χ0n) is 15.9. The van der Waals surface area contributed by atoms with Gasteiger partial charge in [-0.2, -0.15) is 0 Å². The maximum atomic E-state index is 12.8. The smallest absolute Gasteiger partial charge is 0.233 e. The molecule has 2 aliphatic carbocycles. The first-order valence-electron chi connectivity index (χ1n) is 9.97. The third kappa shape index (κ3) is 3.12. The number of carbonyl (C=O) groups is 2. The second-order valence-corrected chi connectivity index (χ2v) is 7.92. The normalized spacial score (nSPS) is 36.4. The molecule has 6 atom stereocenters. The monoisotopic (exact) mass is 386 g/mol. The number of rotatable bonds is 4. The van der Waals surface area contributed by atoms with Crippen LogP contribution in [0.1, 0.15) is 31.7 Å². The molecular formula is C21H26N2O5. The maximum Gasteiger partial charge on any atom is 0.233 e. The Hall–Kier alpha value is -2.25. The lowest BCUT2D eigenvalue weighted by Crippen LogP contribution is -2.54. The SMILES string of the molecule is CCN1C(=O)[C@H]2[C@H]3[C@H](O)[C@H](O)CC(=NOCc4ccccc4)[C@@H]3CC[C@H]2C1=O. The largest absolute Gasteiger partial charge is 0.391 e. The van der Waals surface area contributed by atoms with E-state index < -0.39 is 30.0 Å². The quantitative estimate of drug-likeness (QED) is 0.601. The van der Waals surface area contributed by atoms with Gasteiger partial charge in [0.15, 0.2) is 0 Å². The number of aliphatic hydroxyl groups excluding tert-OH is 2. The van der Waals surface area contributed by atoms with E-state index >= 15 is 0 Å². The number of benzene rings is 1. The van der Waals surface area contributed by atoms with Gasteiger partial charge < -0.3 is 15.1 Å². The van der Waals surface area contributed by atoms with Crippen molar-refractivity contribution in [1.29, 1.82) is 0 Å². The second kappa shape index (κ2) is 7.64. The number of likely N-dealkylation sites (tertiary alicyclic amines) is 1. The summed E-state index contributed by atoms with van der Waals surface area (Å²) in [6.07, 6.45) is -0.599. The fourth-order valence-electron chi connectivity index (χ4n) is 5.11. The molecule has 2 amide bonds. The van der Waals surface area contributed by atoms with Gasteiger partial charge in [0.05, 0.1) is 29.8 Å². The van der Waals surface area contributed by atoms with Crippen LogP contribution in [0.25, 0.3) is 0 Å². The summed E-state index contributed by atoms with van der Waals surface area (Å²) in [6, 6.07) is 9.65. The fourth-order valence-corrected chi connectivity index (χ4v) is 5.11. The molecule has 1 aromatic carbocycles. The minimum atomic E-state index is -1.04. The van der Waals surface area contributed by atoms with E-state index in [1.807, 2.05) is 30.3 Å². The number of hydrogen-bond donors (Lipinski definition) is 2. The van der Waals surface area contributed by atoms with Crippen molar-refractivity contribution in [2.45, 2.75) is 45.0 Å². The van der Waals surface area contributed by atoms with Crippen LogP contribution in [0, 0.1) is 23.7 Å². The first kappa shape index (κ1) is 19.1. The van der Waals surface area contributed by atoms with Crippen LogP contribution in [0.2, 0.25) is 0 Å². The van der Waals surface area contributed by atoms with Gasteiger partial charge in [-0.15, -0.1) is 0 Å². The van der Waals surface area contributed by atoms with Gasteiger partial charge in [-0.05, 0) is 25.3 Å². The standard InChI is InChI=1S/C21H26N2O5/c1-2-23-20(26)14-9-8-13-15(22-28-11-12-6-4-3-5-7-12)10-16(24)19(25)17(13)18(14)21(23)27/h3-7,13-14,16-19,24-25H,2,8-11H2,1H3/t13-,14+,16+,17-,18+,19+/m0/s1. The van der Waals surface area contributed by atoms with Crippen LogP contribution in [0.4, 0.5) is 0 Å². The molecule has 7 nitrogen and oxygen atoms in total. The number of nitrogens with zero attached hydrogens (tertiary/aromatic N) is 2. The van der Waals surface area contributed by atoms with Crippen molar-refractivity contribution >= 4 is 17.5 Å². The van der Waals surface area contributed by atoms with E-state index in [1.54, 1.807) is 6.92 Å². The van der Waals surface area contributed by atoms with E-state index in [0.717, 1.165) is 5.56 Å². The van der Waals surface area contributed by atoms with E-state index in [9.17, 15) is 19.8 Å². The summed E-state index contributed by atoms with van der Waals surface area (Å²) in [7, 11) is 0. The fraction of sp³-hybridized carbons (Fsp3) is 0.571. The highest BCUT2D eigenvalue weighted by Crippen LogP contribution is 2.49. The maximum absolute atomic E-state index is 12.8. The number of hydrogen-bond acceptors (Lipinski definition) is 6. The molecular weight excluding hydrogens is 360 g/mol. The van der Waals surface area contributed by atoms with Gasteiger partial charge in [0.1, 0.15) is 6.61 Å². The Balaban J connectivity index is 1.56. The lowest BCUT2D eigenvalue weighted by Gasteiger charge is -2.45. The summed E-state index contributed by atoms with van der Waals surface area (Å²) in [5.41, 5.74) is 1.66. The topological polar surface area (TPSA) is 99.4 Å². The second-order valence-electron chi connectivity index (χ2n) is 7.92. The Morgan fingerprint density at radius 1 is 1.11 bits per heavy atom. The molecule has 0 spiro atoms. The van der Waals surface area contributed by atoms with Crippen molar-refractivity contribution < 1.29 is 24.6 Å². The lowest BCUT2D eigenvalue weighted by atomic mass is 9.60. The summed E-state index contributed by atoms with van der Waals surface area (Å²) < 4.78 is 0. The molecule has 2 saturated carbocycles. The molecule has 4 rings (SSSR count). The molecule has 7 heteroatoms. The Morgan fingerprint density at radius 3 is 2.54 bits per heavy atom. The Labute approximate surface area is 164 Å². The lowest BCUT2D eigenvalue weighted by molar-refractivity contribution is -0.141. The molecule has 0 radical (unpaired) electrons. The third-order valence-electron chi connectivity index (χ3n) is 6.44. The minimum absolute atomic E-state index is 0.151. The van der Waals surface area contributed by atoms with Gasteiger partial charge >= 0.3 is 0 Å². The summed E-state index contributed by atoms with van der Waals surface area (Å²) in [4.78, 5) is 32.2. The van der Waals surface area contributed by atoms with Gasteiger partial charge in [-0.1, -0.05) is 35.5 Å². The molecule has 28 heavy (non-hydrogen) atoms. The van der Waals surface area contributed by atoms with Crippen LogP contribution in [0.15, 0.2) is 35.5 Å². The molecule has 0 bridgehead atoms. The molecule has 1 heterocycles. The van der Waals surface area contributed by atoms with Gasteiger partial charge in [-0.3, -0.25) is 14.5 Å². The highest BCUT2D eigenvalue weighted by atomic mass is 16.6. The molecule has 150 valence electrons. The van der Waals surface area contributed by atoms with Crippen molar-refractivity contribution in [1.82, 2.24) is 4.90 Å². The number of fused-ring (bicyclic) bond motifs is 3. The van der Waals surface area contributed by atoms with Crippen LogP contribution in [-0.4, -0.2) is 51.4 Å². The third-order valence-corrected chi connectivity index (χ3v) is 6.44. The molecule has 1 aromatic rings. The van der Waals surface area contributed by atoms with Crippen LogP contribution < -0.4 is 0 Å². The number of carbonyl (C=O) groups excluding carboxylic acids is 2. The molecule has 2 N–H and O–H groups in total. The zero-order valence-corrected chi connectivity index (χ0v) is 15.9. The number of aliphatic hydroxyl groups is 2. The van der Waals surface area contributed by atoms with Crippen molar-refractivity contribution in [3.05, 3.63) is 35.9 Å². The van der Waals surface area contributed by atoms with Gasteiger partial charge in [0.2, 0.25) is 11.8 Å². The van der Waals surface area contributed by atoms with Crippen LogP contribution >= 0.6 is 0 Å². The van der Waals surface area contributed by atoms with Crippen LogP contribution in [0.5, 0.6) is 0 Å². The van der Waals surface area contributed by atoms with Gasteiger partial charge in [0, 0.05) is 24.8 Å². The van der Waals surface area contributed by atoms with Crippen molar-refractivity contribution in [3.8, 4) is 0 Å². The predicted molar refractivity (Wildman–Crippen MR) is 101 cm³/mol. The predicted octanol–water partition coefficient (Wildman–Crippen LogP) is 1.33. The van der Waals surface area contributed by atoms with Crippen molar-refractivity contribution in [3.63, 3.8) is 0 Å². The molecule has 3 fully saturated rings. The van der Waals surface area contributed by atoms with Gasteiger partial charge in [-0.25, -0.2) is 0 Å². The number of oxime groups is 1. The Morgan fingerprint density at radius 2 is 1.82 bits per heavy atom. The van der Waals surface area contributed by atoms with E-state index in [1.165, 1.54) is 4.90 Å². The minimum Gasteiger partial charge on any atom is -0.391 e. The average molecular weight is 386 g/mol. The van der Waals surface area contributed by atoms with Crippen molar-refractivity contribution in [2.75, 3.05) is 6.54 Å². The van der Waals surface area contributed by atoms with Crippen molar-refractivity contribution in [2.24, 2.45) is 28.8 Å². The summed E-state index contributed by atoms with van der Waals surface area (Å²) in [5, 5.41) is 25.4. The Bertz CT molecular complexity index is 780. The number of amides is 2. The molecule has 0 aromatic heterocycles. The highest BCUT2D eigenvalue weighted by Gasteiger charge is 2.59. The average Bonchev–Trinajstić information content (AvgIpc) is 2.96. The van der Waals surface area contributed by atoms with E-state index in [-0.39, 0.29) is 24.2 Å². The van der Waals surface area contributed by atoms with E-state index in [4.69, 9.17) is 4.84 Å². The van der Waals surface area contributed by atoms with E-state index in [0.29, 0.717) is 31.7 Å². The van der Waals surface area contributed by atoms with Crippen LogP contribution in [-0.2, 0) is 21.0 Å². The number of imide groups is 1. The van der Waals surface area contributed by atoms with Crippen LogP contribution in [0.3, 0.4) is 0 Å².